The van der Waals surface area contributed by atoms with Crippen molar-refractivity contribution < 1.29 is 9.90 Å². The Bertz CT molecular complexity index is 1500. The summed E-state index contributed by atoms with van der Waals surface area (Å²) in [5.74, 6) is 0.0996. The molecule has 0 aliphatic carbocycles. The molecular formula is C24H18BrN5O2. The first-order valence-electron chi connectivity index (χ1n) is 9.96. The molecule has 0 bridgehead atoms. The molecular weight excluding hydrogens is 470 g/mol. The summed E-state index contributed by atoms with van der Waals surface area (Å²) in [6, 6.07) is 21.1. The number of aromatic nitrogens is 3. The van der Waals surface area contributed by atoms with Gasteiger partial charge < -0.3 is 14.7 Å². The third-order valence-electron chi connectivity index (χ3n) is 5.20. The molecule has 0 unspecified atom stereocenters. The number of imidazole rings is 1. The molecule has 5 rings (SSSR count). The van der Waals surface area contributed by atoms with Crippen molar-refractivity contribution in [3.05, 3.63) is 76.8 Å². The third kappa shape index (κ3) is 3.69. The van der Waals surface area contributed by atoms with Gasteiger partial charge in [-0.1, -0.05) is 52.3 Å². The Hall–Kier alpha value is -3.78. The van der Waals surface area contributed by atoms with Crippen LogP contribution in [-0.2, 0) is 11.3 Å². The number of rotatable bonds is 4. The van der Waals surface area contributed by atoms with Crippen molar-refractivity contribution in [1.29, 1.82) is 0 Å². The van der Waals surface area contributed by atoms with Crippen molar-refractivity contribution in [3.63, 3.8) is 0 Å². The van der Waals surface area contributed by atoms with E-state index >= 15 is 0 Å². The monoisotopic (exact) mass is 487 g/mol. The molecule has 0 saturated heterocycles. The van der Waals surface area contributed by atoms with Crippen molar-refractivity contribution in [2.45, 2.75) is 13.5 Å². The summed E-state index contributed by atoms with van der Waals surface area (Å²) in [5, 5.41) is 18.8. The number of nitrogens with one attached hydrogen (secondary N) is 1. The lowest BCUT2D eigenvalue weighted by Crippen LogP contribution is -2.08. The van der Waals surface area contributed by atoms with Crippen LogP contribution in [0.15, 0.2) is 81.4 Å². The number of azo groups is 1. The molecule has 158 valence electrons. The summed E-state index contributed by atoms with van der Waals surface area (Å²) >= 11 is 3.41. The Labute approximate surface area is 191 Å². The number of amides is 1. The van der Waals surface area contributed by atoms with E-state index in [9.17, 15) is 9.90 Å². The summed E-state index contributed by atoms with van der Waals surface area (Å²) < 4.78 is 2.68. The maximum absolute atomic E-state index is 12.8. The van der Waals surface area contributed by atoms with E-state index in [-0.39, 0.29) is 18.1 Å². The summed E-state index contributed by atoms with van der Waals surface area (Å²) in [6.07, 6.45) is 0. The number of carbonyl (C=O) groups is 1. The SMILES string of the molecule is Cc1ccc2c(c1)nc(-c1ccccc1)n2CC(=O)N=Nc1c(O)[nH]c2ccc(Br)cc12. The molecule has 5 aromatic rings. The molecule has 32 heavy (non-hydrogen) atoms. The molecule has 0 fully saturated rings. The minimum absolute atomic E-state index is 0.0277. The number of nitrogens with zero attached hydrogens (tertiary/aromatic N) is 4. The van der Waals surface area contributed by atoms with Gasteiger partial charge in [-0.25, -0.2) is 4.98 Å². The molecule has 3 aromatic carbocycles. The van der Waals surface area contributed by atoms with E-state index in [4.69, 9.17) is 4.98 Å². The van der Waals surface area contributed by atoms with E-state index in [2.05, 4.69) is 31.1 Å². The van der Waals surface area contributed by atoms with Crippen LogP contribution in [0.4, 0.5) is 5.69 Å². The van der Waals surface area contributed by atoms with Crippen LogP contribution in [0, 0.1) is 6.92 Å². The molecule has 2 N–H and O–H groups in total. The quantitative estimate of drug-likeness (QED) is 0.292. The molecule has 0 radical (unpaired) electrons. The lowest BCUT2D eigenvalue weighted by molar-refractivity contribution is -0.118. The van der Waals surface area contributed by atoms with Crippen LogP contribution in [-0.4, -0.2) is 25.5 Å². The first-order chi connectivity index (χ1) is 15.5. The Morgan fingerprint density at radius 1 is 1.12 bits per heavy atom. The van der Waals surface area contributed by atoms with Crippen LogP contribution in [0.25, 0.3) is 33.3 Å². The second-order valence-electron chi connectivity index (χ2n) is 7.49. The maximum Gasteiger partial charge on any atom is 0.284 e. The van der Waals surface area contributed by atoms with Gasteiger partial charge in [0.25, 0.3) is 5.91 Å². The molecule has 2 heterocycles. The van der Waals surface area contributed by atoms with Crippen molar-refractivity contribution in [2.75, 3.05) is 0 Å². The van der Waals surface area contributed by atoms with Gasteiger partial charge in [0, 0.05) is 15.4 Å². The van der Waals surface area contributed by atoms with Gasteiger partial charge in [-0.3, -0.25) is 4.79 Å². The van der Waals surface area contributed by atoms with Gasteiger partial charge in [0.1, 0.15) is 12.4 Å². The van der Waals surface area contributed by atoms with Crippen molar-refractivity contribution in [2.24, 2.45) is 10.2 Å². The van der Waals surface area contributed by atoms with Crippen molar-refractivity contribution in [1.82, 2.24) is 14.5 Å². The standard InChI is InChI=1S/C24H18BrN5O2/c1-14-7-10-20-19(11-14)26-23(15-5-3-2-4-6-15)30(20)13-21(31)28-29-22-17-12-16(25)8-9-18(17)27-24(22)32/h2-12,27,32H,13H2,1H3. The van der Waals surface area contributed by atoms with E-state index in [1.54, 1.807) is 0 Å². The number of hydrogen-bond donors (Lipinski definition) is 2. The molecule has 1 amide bonds. The van der Waals surface area contributed by atoms with Gasteiger partial charge in [0.15, 0.2) is 5.69 Å². The number of halogens is 1. The van der Waals surface area contributed by atoms with Crippen molar-refractivity contribution in [3.8, 4) is 17.3 Å². The van der Waals surface area contributed by atoms with Gasteiger partial charge in [-0.2, -0.15) is 0 Å². The Kier molecular flexibility index (Phi) is 5.07. The predicted octanol–water partition coefficient (Wildman–Crippen LogP) is 6.27. The second kappa shape index (κ2) is 8.05. The lowest BCUT2D eigenvalue weighted by Gasteiger charge is -2.06. The molecule has 0 aliphatic heterocycles. The Balaban J connectivity index is 1.52. The van der Waals surface area contributed by atoms with Crippen LogP contribution < -0.4 is 0 Å². The number of benzene rings is 3. The fourth-order valence-corrected chi connectivity index (χ4v) is 4.08. The van der Waals surface area contributed by atoms with Gasteiger partial charge in [0.05, 0.1) is 16.6 Å². The number of aryl methyl sites for hydroxylation is 1. The van der Waals surface area contributed by atoms with E-state index in [0.29, 0.717) is 16.7 Å². The van der Waals surface area contributed by atoms with Gasteiger partial charge in [-0.05, 0) is 42.8 Å². The molecule has 0 saturated carbocycles. The molecule has 0 spiro atoms. The second-order valence-corrected chi connectivity index (χ2v) is 8.40. The highest BCUT2D eigenvalue weighted by atomic mass is 79.9. The average Bonchev–Trinajstić information content (AvgIpc) is 3.29. The highest BCUT2D eigenvalue weighted by Gasteiger charge is 2.16. The molecule has 7 nitrogen and oxygen atoms in total. The number of aromatic hydroxyl groups is 1. The minimum Gasteiger partial charge on any atom is -0.493 e. The number of aromatic amines is 1. The molecule has 8 heteroatoms. The Morgan fingerprint density at radius 3 is 2.75 bits per heavy atom. The summed E-state index contributed by atoms with van der Waals surface area (Å²) in [6.45, 7) is 1.98. The summed E-state index contributed by atoms with van der Waals surface area (Å²) in [4.78, 5) is 20.4. The van der Waals surface area contributed by atoms with Gasteiger partial charge >= 0.3 is 0 Å². The number of hydrogen-bond acceptors (Lipinski definition) is 4. The zero-order valence-electron chi connectivity index (χ0n) is 17.1. The van der Waals surface area contributed by atoms with E-state index in [0.717, 1.165) is 26.6 Å². The third-order valence-corrected chi connectivity index (χ3v) is 5.70. The first-order valence-corrected chi connectivity index (χ1v) is 10.8. The van der Waals surface area contributed by atoms with E-state index in [1.165, 1.54) is 0 Å². The van der Waals surface area contributed by atoms with Crippen LogP contribution >= 0.6 is 15.9 Å². The van der Waals surface area contributed by atoms with Gasteiger partial charge in [-0.15, -0.1) is 10.2 Å². The van der Waals surface area contributed by atoms with Crippen LogP contribution in [0.1, 0.15) is 5.56 Å². The predicted molar refractivity (Wildman–Crippen MR) is 127 cm³/mol. The van der Waals surface area contributed by atoms with E-state index in [1.807, 2.05) is 78.2 Å². The molecule has 0 atom stereocenters. The normalized spacial score (nSPS) is 11.7. The van der Waals surface area contributed by atoms with E-state index < -0.39 is 5.91 Å². The fourth-order valence-electron chi connectivity index (χ4n) is 3.72. The highest BCUT2D eigenvalue weighted by molar-refractivity contribution is 9.10. The van der Waals surface area contributed by atoms with Crippen LogP contribution in [0.3, 0.4) is 0 Å². The van der Waals surface area contributed by atoms with Crippen molar-refractivity contribution >= 4 is 49.5 Å². The number of H-pyrrole nitrogens is 1. The Morgan fingerprint density at radius 2 is 1.94 bits per heavy atom. The lowest BCUT2D eigenvalue weighted by atomic mass is 10.2. The highest BCUT2D eigenvalue weighted by Crippen LogP contribution is 2.37. The van der Waals surface area contributed by atoms with Crippen LogP contribution in [0.2, 0.25) is 0 Å². The minimum atomic E-state index is -0.453. The molecule has 2 aromatic heterocycles. The summed E-state index contributed by atoms with van der Waals surface area (Å²) in [7, 11) is 0. The zero-order valence-corrected chi connectivity index (χ0v) is 18.7. The summed E-state index contributed by atoms with van der Waals surface area (Å²) in [5.41, 5.74) is 4.59. The molecule has 0 aliphatic rings. The number of carbonyl (C=O) groups excluding carboxylic acids is 1. The van der Waals surface area contributed by atoms with Crippen LogP contribution in [0.5, 0.6) is 5.88 Å². The van der Waals surface area contributed by atoms with Gasteiger partial charge in [0.2, 0.25) is 5.88 Å². The zero-order chi connectivity index (χ0) is 22.2. The number of fused-ring (bicyclic) bond motifs is 2. The largest absolute Gasteiger partial charge is 0.493 e. The fraction of sp³-hybridized carbons (Fsp3) is 0.0833. The first kappa shape index (κ1) is 20.1. The average molecular weight is 488 g/mol. The maximum atomic E-state index is 12.8. The smallest absolute Gasteiger partial charge is 0.284 e. The topological polar surface area (TPSA) is 95.6 Å².